The number of hydrogen-bond acceptors (Lipinski definition) is 4. The second-order valence-electron chi connectivity index (χ2n) is 6.26. The molecule has 0 amide bonds. The van der Waals surface area contributed by atoms with E-state index < -0.39 is 0 Å². The van der Waals surface area contributed by atoms with Gasteiger partial charge in [-0.15, -0.1) is 0 Å². The largest absolute Gasteiger partial charge is 0.496 e. The first kappa shape index (κ1) is 13.0. The van der Waals surface area contributed by atoms with E-state index >= 15 is 0 Å². The Kier molecular flexibility index (Phi) is 2.78. The van der Waals surface area contributed by atoms with Crippen LogP contribution in [0.15, 0.2) is 22.7 Å². The maximum Gasteiger partial charge on any atom is 0.175 e. The average molecular weight is 272 g/mol. The van der Waals surface area contributed by atoms with E-state index in [9.17, 15) is 0 Å². The lowest BCUT2D eigenvalue weighted by Crippen LogP contribution is -1.96. The Morgan fingerprint density at radius 3 is 2.70 bits per heavy atom. The molecular formula is C16H20N2O2. The van der Waals surface area contributed by atoms with Gasteiger partial charge in [0, 0.05) is 11.5 Å². The van der Waals surface area contributed by atoms with E-state index in [0.29, 0.717) is 11.7 Å². The highest BCUT2D eigenvalue weighted by Crippen LogP contribution is 2.61. The second kappa shape index (κ2) is 4.27. The van der Waals surface area contributed by atoms with Gasteiger partial charge >= 0.3 is 0 Å². The maximum absolute atomic E-state index is 6.04. The summed E-state index contributed by atoms with van der Waals surface area (Å²) in [6, 6.07) is 6.05. The summed E-state index contributed by atoms with van der Waals surface area (Å²) in [7, 11) is 1.67. The van der Waals surface area contributed by atoms with Gasteiger partial charge in [-0.05, 0) is 30.9 Å². The maximum atomic E-state index is 6.04. The molecule has 1 saturated carbocycles. The number of aromatic nitrogens is 1. The third kappa shape index (κ3) is 1.96. The first-order valence-corrected chi connectivity index (χ1v) is 6.84. The Morgan fingerprint density at radius 1 is 1.40 bits per heavy atom. The van der Waals surface area contributed by atoms with Crippen molar-refractivity contribution >= 4 is 5.82 Å². The zero-order chi connectivity index (χ0) is 14.5. The molecule has 4 nitrogen and oxygen atoms in total. The van der Waals surface area contributed by atoms with Crippen molar-refractivity contribution in [2.24, 2.45) is 5.41 Å². The average Bonchev–Trinajstić information content (AvgIpc) is 2.86. The summed E-state index contributed by atoms with van der Waals surface area (Å²) in [4.78, 5) is 0. The van der Waals surface area contributed by atoms with Crippen LogP contribution in [0.3, 0.4) is 0 Å². The molecule has 1 aromatic carbocycles. The highest BCUT2D eigenvalue weighted by Gasteiger charge is 2.50. The topological polar surface area (TPSA) is 61.3 Å². The van der Waals surface area contributed by atoms with E-state index in [-0.39, 0.29) is 5.41 Å². The second-order valence-corrected chi connectivity index (χ2v) is 6.26. The molecule has 1 aliphatic rings. The predicted octanol–water partition coefficient (Wildman–Crippen LogP) is 3.75. The normalized spacial score (nSPS) is 19.9. The van der Waals surface area contributed by atoms with Crippen LogP contribution in [0.2, 0.25) is 0 Å². The number of nitrogens with two attached hydrogens (primary N) is 1. The number of nitrogen functional groups attached to an aromatic ring is 1. The fourth-order valence-electron chi connectivity index (χ4n) is 2.76. The SMILES string of the molecule is COc1ccc(C)cc1-c1c(N)noc1C1CC1(C)C. The summed E-state index contributed by atoms with van der Waals surface area (Å²) >= 11 is 0. The third-order valence-corrected chi connectivity index (χ3v) is 4.20. The van der Waals surface area contributed by atoms with Crippen LogP contribution in [0.4, 0.5) is 5.82 Å². The summed E-state index contributed by atoms with van der Waals surface area (Å²) in [5.41, 5.74) is 9.31. The minimum atomic E-state index is 0.262. The minimum absolute atomic E-state index is 0.262. The van der Waals surface area contributed by atoms with E-state index in [1.807, 2.05) is 19.1 Å². The van der Waals surface area contributed by atoms with Crippen molar-refractivity contribution in [3.05, 3.63) is 29.5 Å². The molecule has 3 rings (SSSR count). The Labute approximate surface area is 118 Å². The number of benzene rings is 1. The molecule has 0 spiro atoms. The lowest BCUT2D eigenvalue weighted by Gasteiger charge is -2.10. The first-order chi connectivity index (χ1) is 9.44. The Morgan fingerprint density at radius 2 is 2.10 bits per heavy atom. The summed E-state index contributed by atoms with van der Waals surface area (Å²) < 4.78 is 11.0. The molecule has 1 unspecified atom stereocenters. The lowest BCUT2D eigenvalue weighted by molar-refractivity contribution is 0.376. The van der Waals surface area contributed by atoms with Gasteiger partial charge in [-0.2, -0.15) is 0 Å². The number of aryl methyl sites for hydroxylation is 1. The van der Waals surface area contributed by atoms with Gasteiger partial charge < -0.3 is 15.0 Å². The van der Waals surface area contributed by atoms with Gasteiger partial charge in [0.2, 0.25) is 0 Å². The molecule has 1 aliphatic carbocycles. The highest BCUT2D eigenvalue weighted by atomic mass is 16.5. The molecule has 1 atom stereocenters. The van der Waals surface area contributed by atoms with E-state index in [1.165, 1.54) is 0 Å². The molecule has 0 radical (unpaired) electrons. The number of anilines is 1. The number of hydrogen-bond donors (Lipinski definition) is 1. The molecule has 0 saturated heterocycles. The number of methoxy groups -OCH3 is 1. The van der Waals surface area contributed by atoms with Crippen LogP contribution >= 0.6 is 0 Å². The van der Waals surface area contributed by atoms with Crippen molar-refractivity contribution in [3.63, 3.8) is 0 Å². The standard InChI is InChI=1S/C16H20N2O2/c1-9-5-6-12(19-4)10(7-9)13-14(20-18-15(13)17)11-8-16(11,2)3/h5-7,11H,8H2,1-4H3,(H2,17,18). The molecule has 1 aromatic heterocycles. The van der Waals surface area contributed by atoms with E-state index in [1.54, 1.807) is 7.11 Å². The van der Waals surface area contributed by atoms with Gasteiger partial charge in [0.1, 0.15) is 5.75 Å². The van der Waals surface area contributed by atoms with Crippen LogP contribution in [0.25, 0.3) is 11.1 Å². The Bertz CT molecular complexity index is 658. The van der Waals surface area contributed by atoms with Crippen molar-refractivity contribution < 1.29 is 9.26 Å². The monoisotopic (exact) mass is 272 g/mol. The number of rotatable bonds is 3. The smallest absolute Gasteiger partial charge is 0.175 e. The van der Waals surface area contributed by atoms with E-state index in [0.717, 1.165) is 34.6 Å². The van der Waals surface area contributed by atoms with Crippen LogP contribution in [0.5, 0.6) is 5.75 Å². The van der Waals surface area contributed by atoms with Crippen molar-refractivity contribution in [2.45, 2.75) is 33.1 Å². The molecule has 0 bridgehead atoms. The van der Waals surface area contributed by atoms with E-state index in [2.05, 4.69) is 25.1 Å². The van der Waals surface area contributed by atoms with Gasteiger partial charge in [0.25, 0.3) is 0 Å². The van der Waals surface area contributed by atoms with E-state index in [4.69, 9.17) is 15.0 Å². The summed E-state index contributed by atoms with van der Waals surface area (Å²) in [6.45, 7) is 6.51. The van der Waals surface area contributed by atoms with Gasteiger partial charge in [-0.25, -0.2) is 0 Å². The fourth-order valence-corrected chi connectivity index (χ4v) is 2.76. The van der Waals surface area contributed by atoms with Gasteiger partial charge in [0.15, 0.2) is 11.6 Å². The Hall–Kier alpha value is -1.97. The zero-order valence-corrected chi connectivity index (χ0v) is 12.4. The summed E-state index contributed by atoms with van der Waals surface area (Å²) in [5.74, 6) is 2.50. The number of nitrogens with zero attached hydrogens (tertiary/aromatic N) is 1. The molecule has 1 heterocycles. The quantitative estimate of drug-likeness (QED) is 0.924. The highest BCUT2D eigenvalue weighted by molar-refractivity contribution is 5.81. The predicted molar refractivity (Wildman–Crippen MR) is 78.8 cm³/mol. The van der Waals surface area contributed by atoms with Crippen molar-refractivity contribution in [1.29, 1.82) is 0 Å². The van der Waals surface area contributed by atoms with Gasteiger partial charge in [0.05, 0.1) is 12.7 Å². The van der Waals surface area contributed by atoms with Crippen LogP contribution < -0.4 is 10.5 Å². The van der Waals surface area contributed by atoms with Crippen LogP contribution in [-0.2, 0) is 0 Å². The molecule has 106 valence electrons. The van der Waals surface area contributed by atoms with Crippen LogP contribution in [-0.4, -0.2) is 12.3 Å². The Balaban J connectivity index is 2.15. The molecular weight excluding hydrogens is 252 g/mol. The first-order valence-electron chi connectivity index (χ1n) is 6.84. The van der Waals surface area contributed by atoms with Gasteiger partial charge in [-0.3, -0.25) is 0 Å². The van der Waals surface area contributed by atoms with Crippen molar-refractivity contribution in [3.8, 4) is 16.9 Å². The van der Waals surface area contributed by atoms with Gasteiger partial charge in [-0.1, -0.05) is 30.6 Å². The van der Waals surface area contributed by atoms with Crippen molar-refractivity contribution in [2.75, 3.05) is 12.8 Å². The van der Waals surface area contributed by atoms with Crippen LogP contribution in [0, 0.1) is 12.3 Å². The molecule has 2 N–H and O–H groups in total. The lowest BCUT2D eigenvalue weighted by atomic mass is 9.98. The zero-order valence-electron chi connectivity index (χ0n) is 12.4. The molecule has 4 heteroatoms. The van der Waals surface area contributed by atoms with Crippen LogP contribution in [0.1, 0.15) is 37.5 Å². The molecule has 20 heavy (non-hydrogen) atoms. The molecule has 1 fully saturated rings. The summed E-state index contributed by atoms with van der Waals surface area (Å²) in [6.07, 6.45) is 1.10. The fraction of sp³-hybridized carbons (Fsp3) is 0.438. The number of ether oxygens (including phenoxy) is 1. The minimum Gasteiger partial charge on any atom is -0.496 e. The molecule has 2 aromatic rings. The van der Waals surface area contributed by atoms with Crippen molar-refractivity contribution in [1.82, 2.24) is 5.16 Å². The molecule has 0 aliphatic heterocycles. The third-order valence-electron chi connectivity index (χ3n) is 4.20. The summed E-state index contributed by atoms with van der Waals surface area (Å²) in [5, 5.41) is 3.97.